The largest absolute Gasteiger partial charge is 0.477 e. The molecule has 0 saturated carbocycles. The summed E-state index contributed by atoms with van der Waals surface area (Å²) in [6.07, 6.45) is 0. The molecule has 2 heterocycles. The molecule has 0 atom stereocenters. The molecule has 20 heavy (non-hydrogen) atoms. The molecule has 0 saturated heterocycles. The van der Waals surface area contributed by atoms with Gasteiger partial charge in [0.1, 0.15) is 9.90 Å². The lowest BCUT2D eigenvalue weighted by Crippen LogP contribution is -2.13. The van der Waals surface area contributed by atoms with Gasteiger partial charge in [-0.05, 0) is 35.0 Å². The van der Waals surface area contributed by atoms with Gasteiger partial charge >= 0.3 is 5.97 Å². The van der Waals surface area contributed by atoms with Crippen LogP contribution in [0, 0.1) is 6.92 Å². The molecule has 3 N–H and O–H groups in total. The highest BCUT2D eigenvalue weighted by Crippen LogP contribution is 2.35. The zero-order valence-electron chi connectivity index (χ0n) is 9.90. The van der Waals surface area contributed by atoms with Crippen LogP contribution >= 0.6 is 38.9 Å². The molecule has 2 rings (SSSR count). The summed E-state index contributed by atoms with van der Waals surface area (Å²) in [7, 11) is -3.89. The zero-order valence-corrected chi connectivity index (χ0v) is 13.9. The molecule has 0 fully saturated rings. The van der Waals surface area contributed by atoms with Gasteiger partial charge in [0.2, 0.25) is 0 Å². The van der Waals surface area contributed by atoms with E-state index in [1.807, 2.05) is 0 Å². The molecule has 6 nitrogen and oxygen atoms in total. The van der Waals surface area contributed by atoms with Gasteiger partial charge in [-0.3, -0.25) is 4.72 Å². The maximum atomic E-state index is 12.2. The standard InChI is InChI=1S/C10H8BrClN2O4S2/c1-4-2-6(8(13-4)10(15)16)14-20(17,18)7-3-5(12)9(11)19-7/h2-3,13-14H,1H3,(H,15,16). The molecule has 0 unspecified atom stereocenters. The molecular weight excluding hydrogens is 392 g/mol. The van der Waals surface area contributed by atoms with E-state index in [-0.39, 0.29) is 20.6 Å². The van der Waals surface area contributed by atoms with E-state index in [1.54, 1.807) is 6.92 Å². The van der Waals surface area contributed by atoms with Crippen molar-refractivity contribution in [3.05, 3.63) is 32.3 Å². The number of H-pyrrole nitrogens is 1. The van der Waals surface area contributed by atoms with Gasteiger partial charge in [0.05, 0.1) is 14.5 Å². The Morgan fingerprint density at radius 3 is 2.65 bits per heavy atom. The predicted octanol–water partition coefficient (Wildman–Crippen LogP) is 3.30. The van der Waals surface area contributed by atoms with E-state index in [2.05, 4.69) is 25.6 Å². The second-order valence-electron chi connectivity index (χ2n) is 3.84. The fraction of sp³-hybridized carbons (Fsp3) is 0.100. The van der Waals surface area contributed by atoms with Crippen molar-refractivity contribution >= 4 is 60.5 Å². The van der Waals surface area contributed by atoms with Crippen molar-refractivity contribution in [2.75, 3.05) is 4.72 Å². The summed E-state index contributed by atoms with van der Waals surface area (Å²) in [5, 5.41) is 9.28. The average Bonchev–Trinajstić information content (AvgIpc) is 2.83. The SMILES string of the molecule is Cc1cc(NS(=O)(=O)c2cc(Cl)c(Br)s2)c(C(=O)O)[nH]1. The van der Waals surface area contributed by atoms with Crippen molar-refractivity contribution < 1.29 is 18.3 Å². The molecule has 0 radical (unpaired) electrons. The van der Waals surface area contributed by atoms with Crippen molar-refractivity contribution in [1.29, 1.82) is 0 Å². The van der Waals surface area contributed by atoms with Crippen LogP contribution in [-0.2, 0) is 10.0 Å². The number of aromatic carboxylic acids is 1. The van der Waals surface area contributed by atoms with Crippen molar-refractivity contribution in [3.63, 3.8) is 0 Å². The molecule has 10 heteroatoms. The normalized spacial score (nSPS) is 11.6. The Morgan fingerprint density at radius 2 is 2.15 bits per heavy atom. The lowest BCUT2D eigenvalue weighted by Gasteiger charge is -2.04. The van der Waals surface area contributed by atoms with E-state index in [9.17, 15) is 13.2 Å². The fourth-order valence-corrected chi connectivity index (χ4v) is 4.95. The van der Waals surface area contributed by atoms with E-state index in [4.69, 9.17) is 16.7 Å². The van der Waals surface area contributed by atoms with Crippen LogP contribution in [0.1, 0.15) is 16.2 Å². The Bertz CT molecular complexity index is 762. The van der Waals surface area contributed by atoms with Gasteiger partial charge in [-0.25, -0.2) is 13.2 Å². The molecular formula is C10H8BrClN2O4S2. The van der Waals surface area contributed by atoms with E-state index in [0.717, 1.165) is 11.3 Å². The first kappa shape index (κ1) is 15.4. The van der Waals surface area contributed by atoms with Gasteiger partial charge in [0.15, 0.2) is 0 Å². The van der Waals surface area contributed by atoms with Crippen LogP contribution < -0.4 is 4.72 Å². The second kappa shape index (κ2) is 5.40. The number of anilines is 1. The molecule has 108 valence electrons. The molecule has 0 aromatic carbocycles. The van der Waals surface area contributed by atoms with Gasteiger partial charge in [0.25, 0.3) is 10.0 Å². The van der Waals surface area contributed by atoms with Gasteiger partial charge in [0, 0.05) is 5.69 Å². The molecule has 0 amide bonds. The molecule has 0 aliphatic rings. The summed E-state index contributed by atoms with van der Waals surface area (Å²) < 4.78 is 27.0. The van der Waals surface area contributed by atoms with Crippen LogP contribution in [0.15, 0.2) is 20.1 Å². The first-order chi connectivity index (χ1) is 9.20. The van der Waals surface area contributed by atoms with Crippen LogP contribution in [0.3, 0.4) is 0 Å². The number of sulfonamides is 1. The van der Waals surface area contributed by atoms with E-state index in [1.165, 1.54) is 12.1 Å². The van der Waals surface area contributed by atoms with E-state index >= 15 is 0 Å². The maximum Gasteiger partial charge on any atom is 0.354 e. The summed E-state index contributed by atoms with van der Waals surface area (Å²) in [4.78, 5) is 13.6. The van der Waals surface area contributed by atoms with Crippen LogP contribution in [0.5, 0.6) is 0 Å². The quantitative estimate of drug-likeness (QED) is 0.734. The summed E-state index contributed by atoms with van der Waals surface area (Å²) >= 11 is 9.86. The number of nitrogens with one attached hydrogen (secondary N) is 2. The van der Waals surface area contributed by atoms with Crippen LogP contribution in [-0.4, -0.2) is 24.5 Å². The Morgan fingerprint density at radius 1 is 1.50 bits per heavy atom. The molecule has 2 aromatic rings. The second-order valence-corrected chi connectivity index (χ2v) is 8.53. The van der Waals surface area contributed by atoms with Crippen LogP contribution in [0.25, 0.3) is 0 Å². The highest BCUT2D eigenvalue weighted by molar-refractivity contribution is 9.11. The number of hydrogen-bond donors (Lipinski definition) is 3. The molecule has 0 bridgehead atoms. The third-order valence-electron chi connectivity index (χ3n) is 2.30. The van der Waals surface area contributed by atoms with Gasteiger partial charge in [-0.15, -0.1) is 11.3 Å². The summed E-state index contributed by atoms with van der Waals surface area (Å²) in [6, 6.07) is 2.70. The topological polar surface area (TPSA) is 99.3 Å². The number of halogens is 2. The Labute approximate surface area is 132 Å². The van der Waals surface area contributed by atoms with Crippen molar-refractivity contribution in [2.24, 2.45) is 0 Å². The minimum atomic E-state index is -3.89. The molecule has 0 aliphatic carbocycles. The number of aryl methyl sites for hydroxylation is 1. The highest BCUT2D eigenvalue weighted by Gasteiger charge is 2.23. The van der Waals surface area contributed by atoms with E-state index in [0.29, 0.717) is 9.48 Å². The summed E-state index contributed by atoms with van der Waals surface area (Å²) in [6.45, 7) is 1.63. The number of thiophene rings is 1. The Balaban J connectivity index is 2.40. The first-order valence-electron chi connectivity index (χ1n) is 5.11. The minimum Gasteiger partial charge on any atom is -0.477 e. The Hall–Kier alpha value is -1.03. The number of carboxylic acids is 1. The van der Waals surface area contributed by atoms with Crippen molar-refractivity contribution in [3.8, 4) is 0 Å². The highest BCUT2D eigenvalue weighted by atomic mass is 79.9. The number of carbonyl (C=O) groups is 1. The number of aromatic nitrogens is 1. The van der Waals surface area contributed by atoms with Crippen LogP contribution in [0.4, 0.5) is 5.69 Å². The minimum absolute atomic E-state index is 0.00966. The van der Waals surface area contributed by atoms with Crippen molar-refractivity contribution in [1.82, 2.24) is 4.98 Å². The lowest BCUT2D eigenvalue weighted by molar-refractivity contribution is 0.0692. The van der Waals surface area contributed by atoms with Gasteiger partial charge < -0.3 is 10.1 Å². The monoisotopic (exact) mass is 398 g/mol. The maximum absolute atomic E-state index is 12.2. The van der Waals surface area contributed by atoms with E-state index < -0.39 is 16.0 Å². The van der Waals surface area contributed by atoms with Crippen molar-refractivity contribution in [2.45, 2.75) is 11.1 Å². The first-order valence-corrected chi connectivity index (χ1v) is 8.58. The predicted molar refractivity (Wildman–Crippen MR) is 80.3 cm³/mol. The Kier molecular flexibility index (Phi) is 4.14. The lowest BCUT2D eigenvalue weighted by atomic mass is 10.4. The smallest absolute Gasteiger partial charge is 0.354 e. The summed E-state index contributed by atoms with van der Waals surface area (Å²) in [5.41, 5.74) is 0.300. The molecule has 0 spiro atoms. The fourth-order valence-electron chi connectivity index (χ4n) is 1.49. The molecule has 0 aliphatic heterocycles. The average molecular weight is 400 g/mol. The van der Waals surface area contributed by atoms with Gasteiger partial charge in [-0.2, -0.15) is 0 Å². The van der Waals surface area contributed by atoms with Crippen LogP contribution in [0.2, 0.25) is 5.02 Å². The number of carboxylic acid groups (broad SMARTS) is 1. The number of rotatable bonds is 4. The summed E-state index contributed by atoms with van der Waals surface area (Å²) in [5.74, 6) is -1.25. The third kappa shape index (κ3) is 3.00. The number of hydrogen-bond acceptors (Lipinski definition) is 4. The zero-order chi connectivity index (χ0) is 15.1. The number of aromatic amines is 1. The third-order valence-corrected chi connectivity index (χ3v) is 6.61. The molecule has 2 aromatic heterocycles. The van der Waals surface area contributed by atoms with Gasteiger partial charge in [-0.1, -0.05) is 11.6 Å².